The molecule has 3 heterocycles. The van der Waals surface area contributed by atoms with Gasteiger partial charge in [0.05, 0.1) is 6.54 Å². The number of carbonyl (C=O) groups is 2. The zero-order chi connectivity index (χ0) is 18.8. The van der Waals surface area contributed by atoms with Crippen molar-refractivity contribution >= 4 is 18.0 Å². The fraction of sp³-hybridized carbons (Fsp3) is 0.389. The molecule has 2 aliphatic heterocycles. The molecule has 2 aromatic rings. The van der Waals surface area contributed by atoms with E-state index < -0.39 is 11.9 Å². The molecule has 1 unspecified atom stereocenters. The number of amides is 2. The van der Waals surface area contributed by atoms with E-state index in [4.69, 9.17) is 0 Å². The van der Waals surface area contributed by atoms with Crippen molar-refractivity contribution in [3.05, 3.63) is 48.0 Å². The van der Waals surface area contributed by atoms with Gasteiger partial charge in [-0.3, -0.25) is 14.6 Å². The molecule has 1 N–H and O–H groups in total. The Morgan fingerprint density at radius 3 is 2.93 bits per heavy atom. The van der Waals surface area contributed by atoms with Crippen LogP contribution in [0.25, 0.3) is 0 Å². The summed E-state index contributed by atoms with van der Waals surface area (Å²) in [6.45, 7) is 1.14. The summed E-state index contributed by atoms with van der Waals surface area (Å²) >= 11 is 0. The number of likely N-dealkylation sites (N-methyl/N-ethyl adjacent to an activating group) is 1. The van der Waals surface area contributed by atoms with E-state index in [1.165, 1.54) is 6.33 Å². The van der Waals surface area contributed by atoms with Crippen LogP contribution in [0.1, 0.15) is 29.0 Å². The molecule has 2 atom stereocenters. The quantitative estimate of drug-likeness (QED) is 0.839. The SMILES string of the molecule is CN1C(=O)[C@@H](NC(=O)c2ncn(Cc3ccccc3)n2)CCN2N=CCC21. The molecule has 27 heavy (non-hydrogen) atoms. The van der Waals surface area contributed by atoms with Crippen LogP contribution in [-0.2, 0) is 11.3 Å². The largest absolute Gasteiger partial charge is 0.337 e. The minimum absolute atomic E-state index is 0.0594. The van der Waals surface area contributed by atoms with Crippen molar-refractivity contribution in [3.63, 3.8) is 0 Å². The number of fused-ring (bicyclic) bond motifs is 1. The second-order valence-electron chi connectivity index (χ2n) is 6.69. The lowest BCUT2D eigenvalue weighted by Crippen LogP contribution is -2.49. The zero-order valence-corrected chi connectivity index (χ0v) is 15.0. The average Bonchev–Trinajstić information content (AvgIpc) is 3.32. The fourth-order valence-electron chi connectivity index (χ4n) is 3.39. The lowest BCUT2D eigenvalue weighted by molar-refractivity contribution is -0.135. The molecular formula is C18H21N7O2. The van der Waals surface area contributed by atoms with Crippen LogP contribution in [0.4, 0.5) is 0 Å². The monoisotopic (exact) mass is 367 g/mol. The van der Waals surface area contributed by atoms with Gasteiger partial charge in [0.2, 0.25) is 11.7 Å². The Morgan fingerprint density at radius 2 is 2.11 bits per heavy atom. The van der Waals surface area contributed by atoms with Gasteiger partial charge >= 0.3 is 0 Å². The van der Waals surface area contributed by atoms with Crippen molar-refractivity contribution in [2.45, 2.75) is 31.6 Å². The first-order valence-corrected chi connectivity index (χ1v) is 8.92. The van der Waals surface area contributed by atoms with Gasteiger partial charge < -0.3 is 10.2 Å². The van der Waals surface area contributed by atoms with Crippen molar-refractivity contribution in [1.29, 1.82) is 0 Å². The molecule has 0 radical (unpaired) electrons. The molecule has 0 spiro atoms. The number of aromatic nitrogens is 3. The number of hydrogen-bond donors (Lipinski definition) is 1. The number of nitrogens with zero attached hydrogens (tertiary/aromatic N) is 6. The molecule has 9 nitrogen and oxygen atoms in total. The highest BCUT2D eigenvalue weighted by atomic mass is 16.2. The first kappa shape index (κ1) is 17.2. The summed E-state index contributed by atoms with van der Waals surface area (Å²) in [6, 6.07) is 9.20. The second-order valence-corrected chi connectivity index (χ2v) is 6.69. The Kier molecular flexibility index (Phi) is 4.57. The number of nitrogens with one attached hydrogen (secondary N) is 1. The molecule has 140 valence electrons. The second kappa shape index (κ2) is 7.18. The topological polar surface area (TPSA) is 95.7 Å². The highest BCUT2D eigenvalue weighted by molar-refractivity contribution is 5.94. The van der Waals surface area contributed by atoms with Crippen LogP contribution in [0, 0.1) is 0 Å². The van der Waals surface area contributed by atoms with E-state index in [0.29, 0.717) is 25.9 Å². The van der Waals surface area contributed by atoms with Gasteiger partial charge in [-0.2, -0.15) is 5.10 Å². The van der Waals surface area contributed by atoms with Crippen LogP contribution in [-0.4, -0.2) is 68.5 Å². The molecule has 1 aromatic carbocycles. The minimum Gasteiger partial charge on any atom is -0.337 e. The lowest BCUT2D eigenvalue weighted by Gasteiger charge is -2.29. The molecule has 9 heteroatoms. The Balaban J connectivity index is 1.41. The Bertz CT molecular complexity index is 864. The van der Waals surface area contributed by atoms with E-state index in [2.05, 4.69) is 20.5 Å². The van der Waals surface area contributed by atoms with E-state index in [0.717, 1.165) is 5.56 Å². The highest BCUT2D eigenvalue weighted by Gasteiger charge is 2.37. The van der Waals surface area contributed by atoms with Crippen molar-refractivity contribution in [2.75, 3.05) is 13.6 Å². The van der Waals surface area contributed by atoms with Crippen LogP contribution in [0.3, 0.4) is 0 Å². The van der Waals surface area contributed by atoms with Gasteiger partial charge in [0, 0.05) is 26.2 Å². The number of hydrogen-bond acceptors (Lipinski definition) is 6. The summed E-state index contributed by atoms with van der Waals surface area (Å²) in [5.74, 6) is -0.506. The Morgan fingerprint density at radius 1 is 1.30 bits per heavy atom. The van der Waals surface area contributed by atoms with Crippen molar-refractivity contribution in [1.82, 2.24) is 30.0 Å². The van der Waals surface area contributed by atoms with E-state index >= 15 is 0 Å². The normalized spacial score (nSPS) is 21.9. The third-order valence-electron chi connectivity index (χ3n) is 4.86. The van der Waals surface area contributed by atoms with Crippen LogP contribution in [0.15, 0.2) is 41.8 Å². The molecule has 4 rings (SSSR count). The maximum Gasteiger partial charge on any atom is 0.291 e. The lowest BCUT2D eigenvalue weighted by atomic mass is 10.2. The predicted molar refractivity (Wildman–Crippen MR) is 97.8 cm³/mol. The Labute approximate surface area is 156 Å². The third-order valence-corrected chi connectivity index (χ3v) is 4.86. The van der Waals surface area contributed by atoms with E-state index in [9.17, 15) is 9.59 Å². The molecule has 2 amide bonds. The average molecular weight is 367 g/mol. The molecular weight excluding hydrogens is 346 g/mol. The molecule has 0 saturated carbocycles. The van der Waals surface area contributed by atoms with Crippen molar-refractivity contribution < 1.29 is 9.59 Å². The molecule has 0 aliphatic carbocycles. The summed E-state index contributed by atoms with van der Waals surface area (Å²) in [5.41, 5.74) is 1.07. The van der Waals surface area contributed by atoms with Crippen LogP contribution in [0.5, 0.6) is 0 Å². The predicted octanol–water partition coefficient (Wildman–Crippen LogP) is 0.305. The maximum absolute atomic E-state index is 12.7. The van der Waals surface area contributed by atoms with E-state index in [1.807, 2.05) is 41.6 Å². The molecule has 1 fully saturated rings. The summed E-state index contributed by atoms with van der Waals surface area (Å²) in [6.07, 6.45) is 4.47. The van der Waals surface area contributed by atoms with Gasteiger partial charge in [0.1, 0.15) is 18.5 Å². The van der Waals surface area contributed by atoms with E-state index in [1.54, 1.807) is 16.6 Å². The van der Waals surface area contributed by atoms with Crippen molar-refractivity contribution in [2.24, 2.45) is 5.10 Å². The summed E-state index contributed by atoms with van der Waals surface area (Å²) in [5, 5.41) is 13.2. The van der Waals surface area contributed by atoms with Gasteiger partial charge in [0.15, 0.2) is 0 Å². The zero-order valence-electron chi connectivity index (χ0n) is 15.0. The maximum atomic E-state index is 12.7. The van der Waals surface area contributed by atoms with Gasteiger partial charge in [-0.25, -0.2) is 9.67 Å². The molecule has 1 saturated heterocycles. The number of rotatable bonds is 4. The number of hydrazone groups is 1. The smallest absolute Gasteiger partial charge is 0.291 e. The number of carbonyl (C=O) groups excluding carboxylic acids is 2. The molecule has 1 aromatic heterocycles. The molecule has 2 aliphatic rings. The summed E-state index contributed by atoms with van der Waals surface area (Å²) in [7, 11) is 1.74. The molecule has 0 bridgehead atoms. The van der Waals surface area contributed by atoms with Gasteiger partial charge in [-0.1, -0.05) is 30.3 Å². The van der Waals surface area contributed by atoms with E-state index in [-0.39, 0.29) is 17.9 Å². The first-order valence-electron chi connectivity index (χ1n) is 8.92. The summed E-state index contributed by atoms with van der Waals surface area (Å²) in [4.78, 5) is 30.9. The van der Waals surface area contributed by atoms with Crippen LogP contribution >= 0.6 is 0 Å². The van der Waals surface area contributed by atoms with Gasteiger partial charge in [0.25, 0.3) is 5.91 Å². The fourth-order valence-corrected chi connectivity index (χ4v) is 3.39. The minimum atomic E-state index is -0.607. The highest BCUT2D eigenvalue weighted by Crippen LogP contribution is 2.20. The van der Waals surface area contributed by atoms with Gasteiger partial charge in [-0.05, 0) is 12.0 Å². The third kappa shape index (κ3) is 3.53. The first-order chi connectivity index (χ1) is 13.1. The van der Waals surface area contributed by atoms with Crippen LogP contribution < -0.4 is 5.32 Å². The van der Waals surface area contributed by atoms with Crippen molar-refractivity contribution in [3.8, 4) is 0 Å². The Hall–Kier alpha value is -3.23. The summed E-state index contributed by atoms with van der Waals surface area (Å²) < 4.78 is 1.61. The van der Waals surface area contributed by atoms with Crippen LogP contribution in [0.2, 0.25) is 0 Å². The standard InChI is InChI=1S/C18H21N7O2/c1-23-15-7-9-20-25(15)10-8-14(18(23)27)21-17(26)16-19-12-24(22-16)11-13-5-3-2-4-6-13/h2-6,9,12,14-15H,7-8,10-11H2,1H3,(H,21,26)/t14-,15?/m0/s1. The number of benzene rings is 1. The van der Waals surface area contributed by atoms with Gasteiger partial charge in [-0.15, -0.1) is 5.10 Å².